The van der Waals surface area contributed by atoms with E-state index in [0.717, 1.165) is 11.1 Å². The minimum absolute atomic E-state index is 0.128. The fraction of sp³-hybridized carbons (Fsp3) is 0.114. The zero-order valence-electron chi connectivity index (χ0n) is 23.9. The molecule has 2 heterocycles. The average molecular weight is 688 g/mol. The molecule has 1 aromatic heterocycles. The fourth-order valence-electron chi connectivity index (χ4n) is 5.02. The van der Waals surface area contributed by atoms with E-state index in [0.29, 0.717) is 36.4 Å². The molecular weight excluding hydrogens is 662 g/mol. The molecule has 0 N–H and O–H groups in total. The van der Waals surface area contributed by atoms with Crippen molar-refractivity contribution >= 4 is 45.0 Å². The third-order valence-corrected chi connectivity index (χ3v) is 8.72. The first-order valence-corrected chi connectivity index (χ1v) is 15.6. The van der Waals surface area contributed by atoms with Gasteiger partial charge in [-0.05, 0) is 82.0 Å². The molecule has 0 spiro atoms. The standard InChI is InChI=1S/C35H25BrF2N2O4S/c1-2-43-34(42)30-31(23-6-4-3-5-7-23)39-35-40(32(30)24-11-15-26(38)16-12-24)33(41)29(45-35)19-22-10-17-28(27(36)18-22)44-20-21-8-13-25(37)14-9-21/h3-19,32H,2,20H2,1H3/b29-19-/t32-/m0/s1. The van der Waals surface area contributed by atoms with E-state index in [4.69, 9.17) is 14.5 Å². The number of hydrogen-bond acceptors (Lipinski definition) is 6. The van der Waals surface area contributed by atoms with E-state index < -0.39 is 17.8 Å². The van der Waals surface area contributed by atoms with Gasteiger partial charge in [0, 0.05) is 5.56 Å². The van der Waals surface area contributed by atoms with Crippen molar-refractivity contribution in [3.05, 3.63) is 161 Å². The van der Waals surface area contributed by atoms with Crippen LogP contribution in [-0.4, -0.2) is 17.1 Å². The summed E-state index contributed by atoms with van der Waals surface area (Å²) in [5, 5.41) is 0. The van der Waals surface area contributed by atoms with Gasteiger partial charge in [-0.1, -0.05) is 72.0 Å². The number of rotatable bonds is 8. The number of esters is 1. The van der Waals surface area contributed by atoms with E-state index in [1.165, 1.54) is 40.2 Å². The first-order chi connectivity index (χ1) is 21.8. The maximum Gasteiger partial charge on any atom is 0.338 e. The molecule has 0 radical (unpaired) electrons. The number of aromatic nitrogens is 1. The fourth-order valence-corrected chi connectivity index (χ4v) is 6.53. The van der Waals surface area contributed by atoms with Crippen molar-refractivity contribution < 1.29 is 23.0 Å². The highest BCUT2D eigenvalue weighted by Gasteiger charge is 2.35. The molecule has 1 aliphatic rings. The lowest BCUT2D eigenvalue weighted by Gasteiger charge is -2.25. The van der Waals surface area contributed by atoms with E-state index >= 15 is 0 Å². The first-order valence-electron chi connectivity index (χ1n) is 14.0. The third kappa shape index (κ3) is 6.43. The molecule has 4 aromatic carbocycles. The molecule has 0 unspecified atom stereocenters. The van der Waals surface area contributed by atoms with Crippen LogP contribution in [0.25, 0.3) is 11.8 Å². The number of benzene rings is 4. The average Bonchev–Trinajstić information content (AvgIpc) is 3.35. The minimum atomic E-state index is -0.896. The number of thiazole rings is 1. The molecule has 5 aromatic rings. The quantitative estimate of drug-likeness (QED) is 0.174. The van der Waals surface area contributed by atoms with Gasteiger partial charge in [0.15, 0.2) is 4.80 Å². The summed E-state index contributed by atoms with van der Waals surface area (Å²) in [5.74, 6) is -0.775. The molecule has 0 fully saturated rings. The zero-order valence-corrected chi connectivity index (χ0v) is 26.3. The predicted molar refractivity (Wildman–Crippen MR) is 172 cm³/mol. The molecular formula is C35H25BrF2N2O4S. The van der Waals surface area contributed by atoms with Gasteiger partial charge in [-0.2, -0.15) is 0 Å². The summed E-state index contributed by atoms with van der Waals surface area (Å²) >= 11 is 4.74. The summed E-state index contributed by atoms with van der Waals surface area (Å²) in [6.07, 6.45) is 1.75. The van der Waals surface area contributed by atoms with E-state index in [1.807, 2.05) is 42.5 Å². The van der Waals surface area contributed by atoms with Crippen LogP contribution in [0.3, 0.4) is 0 Å². The summed E-state index contributed by atoms with van der Waals surface area (Å²) in [6.45, 7) is 2.09. The van der Waals surface area contributed by atoms with Crippen LogP contribution in [0, 0.1) is 11.6 Å². The monoisotopic (exact) mass is 686 g/mol. The smallest absolute Gasteiger partial charge is 0.338 e. The Labute approximate surface area is 269 Å². The Bertz CT molecular complexity index is 2090. The Morgan fingerprint density at radius 1 is 0.978 bits per heavy atom. The molecule has 1 aliphatic heterocycles. The van der Waals surface area contributed by atoms with Gasteiger partial charge in [-0.15, -0.1) is 0 Å². The number of hydrogen-bond donors (Lipinski definition) is 0. The minimum Gasteiger partial charge on any atom is -0.488 e. The van der Waals surface area contributed by atoms with Gasteiger partial charge in [0.1, 0.15) is 24.0 Å². The molecule has 45 heavy (non-hydrogen) atoms. The second-order valence-corrected chi connectivity index (χ2v) is 12.0. The van der Waals surface area contributed by atoms with E-state index in [2.05, 4.69) is 15.9 Å². The third-order valence-electron chi connectivity index (χ3n) is 7.12. The van der Waals surface area contributed by atoms with Gasteiger partial charge < -0.3 is 9.47 Å². The lowest BCUT2D eigenvalue weighted by atomic mass is 9.93. The van der Waals surface area contributed by atoms with Gasteiger partial charge in [-0.25, -0.2) is 18.6 Å². The number of ether oxygens (including phenoxy) is 2. The molecule has 226 valence electrons. The Balaban J connectivity index is 1.45. The van der Waals surface area contributed by atoms with Crippen molar-refractivity contribution in [1.29, 1.82) is 0 Å². The zero-order chi connectivity index (χ0) is 31.5. The Morgan fingerprint density at radius 3 is 2.33 bits per heavy atom. The van der Waals surface area contributed by atoms with Crippen molar-refractivity contribution in [3.63, 3.8) is 0 Å². The van der Waals surface area contributed by atoms with Crippen LogP contribution in [0.15, 0.2) is 117 Å². The summed E-state index contributed by atoms with van der Waals surface area (Å²) < 4.78 is 41.1. The normalized spacial score (nSPS) is 14.6. The Morgan fingerprint density at radius 2 is 1.67 bits per heavy atom. The van der Waals surface area contributed by atoms with Crippen LogP contribution in [0.4, 0.5) is 8.78 Å². The number of carbonyl (C=O) groups is 1. The molecule has 10 heteroatoms. The second kappa shape index (κ2) is 13.1. The summed E-state index contributed by atoms with van der Waals surface area (Å²) in [4.78, 5) is 32.8. The van der Waals surface area contributed by atoms with Crippen LogP contribution in [0.2, 0.25) is 0 Å². The van der Waals surface area contributed by atoms with Crippen LogP contribution in [0.5, 0.6) is 5.75 Å². The van der Waals surface area contributed by atoms with Crippen molar-refractivity contribution in [1.82, 2.24) is 4.57 Å². The highest BCUT2D eigenvalue weighted by molar-refractivity contribution is 9.10. The van der Waals surface area contributed by atoms with Crippen LogP contribution in [-0.2, 0) is 16.1 Å². The molecule has 0 saturated heterocycles. The number of carbonyl (C=O) groups excluding carboxylic acids is 1. The molecule has 0 bridgehead atoms. The van der Waals surface area contributed by atoms with Gasteiger partial charge in [0.05, 0.1) is 32.9 Å². The Hall–Kier alpha value is -4.67. The van der Waals surface area contributed by atoms with Gasteiger partial charge in [0.25, 0.3) is 5.56 Å². The summed E-state index contributed by atoms with van der Waals surface area (Å²) in [6, 6.07) is 25.6. The van der Waals surface area contributed by atoms with E-state index in [9.17, 15) is 18.4 Å². The molecule has 1 atom stereocenters. The second-order valence-electron chi connectivity index (χ2n) is 10.1. The predicted octanol–water partition coefficient (Wildman–Crippen LogP) is 6.56. The summed E-state index contributed by atoms with van der Waals surface area (Å²) in [7, 11) is 0. The maximum atomic E-state index is 14.0. The molecule has 0 aliphatic carbocycles. The van der Waals surface area contributed by atoms with Gasteiger partial charge in [0.2, 0.25) is 0 Å². The highest BCUT2D eigenvalue weighted by Crippen LogP contribution is 2.35. The van der Waals surface area contributed by atoms with E-state index in [-0.39, 0.29) is 30.2 Å². The number of fused-ring (bicyclic) bond motifs is 1. The van der Waals surface area contributed by atoms with Gasteiger partial charge >= 0.3 is 5.97 Å². The lowest BCUT2D eigenvalue weighted by molar-refractivity contribution is -0.138. The number of nitrogens with zero attached hydrogens (tertiary/aromatic N) is 2. The maximum absolute atomic E-state index is 14.0. The van der Waals surface area contributed by atoms with Crippen molar-refractivity contribution in [2.45, 2.75) is 19.6 Å². The summed E-state index contributed by atoms with van der Waals surface area (Å²) in [5.41, 5.74) is 3.01. The van der Waals surface area contributed by atoms with Crippen LogP contribution < -0.4 is 19.6 Å². The molecule has 6 rings (SSSR count). The van der Waals surface area contributed by atoms with Crippen LogP contribution in [0.1, 0.15) is 35.2 Å². The Kier molecular flexibility index (Phi) is 8.86. The van der Waals surface area contributed by atoms with Gasteiger partial charge in [-0.3, -0.25) is 9.36 Å². The topological polar surface area (TPSA) is 69.9 Å². The van der Waals surface area contributed by atoms with Crippen molar-refractivity contribution in [2.75, 3.05) is 6.61 Å². The molecule has 0 saturated carbocycles. The largest absolute Gasteiger partial charge is 0.488 e. The molecule has 0 amide bonds. The first kappa shape index (κ1) is 30.4. The lowest BCUT2D eigenvalue weighted by Crippen LogP contribution is -2.40. The molecule has 6 nitrogen and oxygen atoms in total. The highest BCUT2D eigenvalue weighted by atomic mass is 79.9. The van der Waals surface area contributed by atoms with Crippen molar-refractivity contribution in [3.8, 4) is 5.75 Å². The number of halogens is 3. The van der Waals surface area contributed by atoms with Crippen molar-refractivity contribution in [2.24, 2.45) is 4.99 Å². The van der Waals surface area contributed by atoms with Crippen LogP contribution >= 0.6 is 27.3 Å². The SMILES string of the molecule is CCOC(=O)C1=C(c2ccccc2)N=c2s/c(=C\c3ccc(OCc4ccc(F)cc4)c(Br)c3)c(=O)n2[C@H]1c1ccc(F)cc1. The van der Waals surface area contributed by atoms with E-state index in [1.54, 1.807) is 43.3 Å².